The summed E-state index contributed by atoms with van der Waals surface area (Å²) in [5.74, 6) is -0.651. The number of amides is 1. The van der Waals surface area contributed by atoms with Gasteiger partial charge in [0.1, 0.15) is 0 Å². The molecule has 1 amide bonds. The summed E-state index contributed by atoms with van der Waals surface area (Å²) in [7, 11) is 0. The molecule has 18 heavy (non-hydrogen) atoms. The van der Waals surface area contributed by atoms with Crippen molar-refractivity contribution < 1.29 is 14.3 Å². The van der Waals surface area contributed by atoms with Crippen LogP contribution in [0, 0.1) is 0 Å². The highest BCUT2D eigenvalue weighted by Gasteiger charge is 2.09. The van der Waals surface area contributed by atoms with Crippen molar-refractivity contribution in [3.05, 3.63) is 27.7 Å². The lowest BCUT2D eigenvalue weighted by molar-refractivity contribution is -0.144. The molecule has 6 heteroatoms. The van der Waals surface area contributed by atoms with E-state index in [1.54, 1.807) is 25.1 Å². The number of hydrogen-bond donors (Lipinski definition) is 1. The second-order valence-corrected chi connectivity index (χ2v) is 4.80. The van der Waals surface area contributed by atoms with Crippen LogP contribution in [0.4, 0.5) is 5.69 Å². The fourth-order valence-electron chi connectivity index (χ4n) is 1.25. The van der Waals surface area contributed by atoms with Gasteiger partial charge in [-0.3, -0.25) is 9.59 Å². The summed E-state index contributed by atoms with van der Waals surface area (Å²) in [5.41, 5.74) is 0.522. The molecule has 0 aromatic heterocycles. The standard InChI is InChI=1S/C12H13BrClNO3/c1-2-18-12(17)6-5-11(16)15-10-4-3-8(13)7-9(10)14/h3-4,7H,2,5-6H2,1H3,(H,15,16). The van der Waals surface area contributed by atoms with Crippen molar-refractivity contribution in [3.8, 4) is 0 Å². The third kappa shape index (κ3) is 5.06. The molecule has 0 atom stereocenters. The summed E-state index contributed by atoms with van der Waals surface area (Å²) >= 11 is 9.22. The third-order valence-corrected chi connectivity index (χ3v) is 2.87. The van der Waals surface area contributed by atoms with E-state index in [-0.39, 0.29) is 24.7 Å². The van der Waals surface area contributed by atoms with Gasteiger partial charge in [-0.1, -0.05) is 27.5 Å². The summed E-state index contributed by atoms with van der Waals surface area (Å²) in [4.78, 5) is 22.6. The fourth-order valence-corrected chi connectivity index (χ4v) is 1.97. The van der Waals surface area contributed by atoms with Gasteiger partial charge >= 0.3 is 5.97 Å². The minimum Gasteiger partial charge on any atom is -0.466 e. The van der Waals surface area contributed by atoms with Gasteiger partial charge in [0.25, 0.3) is 0 Å². The van der Waals surface area contributed by atoms with E-state index in [0.717, 1.165) is 4.47 Å². The van der Waals surface area contributed by atoms with Gasteiger partial charge in [-0.05, 0) is 25.1 Å². The maximum Gasteiger partial charge on any atom is 0.306 e. The molecular weight excluding hydrogens is 321 g/mol. The van der Waals surface area contributed by atoms with Gasteiger partial charge in [-0.15, -0.1) is 0 Å². The number of rotatable bonds is 5. The lowest BCUT2D eigenvalue weighted by Gasteiger charge is -2.07. The van der Waals surface area contributed by atoms with Gasteiger partial charge in [0, 0.05) is 10.9 Å². The molecular formula is C12H13BrClNO3. The van der Waals surface area contributed by atoms with Crippen molar-refractivity contribution in [2.75, 3.05) is 11.9 Å². The summed E-state index contributed by atoms with van der Waals surface area (Å²) in [6.07, 6.45) is 0.138. The summed E-state index contributed by atoms with van der Waals surface area (Å²) in [6, 6.07) is 5.14. The number of carbonyl (C=O) groups is 2. The molecule has 0 aliphatic carbocycles. The smallest absolute Gasteiger partial charge is 0.306 e. The van der Waals surface area contributed by atoms with Crippen LogP contribution in [0.25, 0.3) is 0 Å². The molecule has 0 heterocycles. The lowest BCUT2D eigenvalue weighted by atomic mass is 10.2. The van der Waals surface area contributed by atoms with Crippen LogP contribution in [0.5, 0.6) is 0 Å². The van der Waals surface area contributed by atoms with Gasteiger partial charge in [0.2, 0.25) is 5.91 Å². The molecule has 1 rings (SSSR count). The number of benzene rings is 1. The highest BCUT2D eigenvalue weighted by molar-refractivity contribution is 9.10. The van der Waals surface area contributed by atoms with Crippen LogP contribution in [0.1, 0.15) is 19.8 Å². The van der Waals surface area contributed by atoms with Crippen LogP contribution in [-0.2, 0) is 14.3 Å². The molecule has 0 radical (unpaired) electrons. The van der Waals surface area contributed by atoms with Gasteiger partial charge in [0.15, 0.2) is 0 Å². The van der Waals surface area contributed by atoms with Crippen LogP contribution in [0.15, 0.2) is 22.7 Å². The normalized spacial score (nSPS) is 9.94. The predicted molar refractivity (Wildman–Crippen MR) is 73.6 cm³/mol. The van der Waals surface area contributed by atoms with Gasteiger partial charge in [0.05, 0.1) is 23.7 Å². The molecule has 98 valence electrons. The van der Waals surface area contributed by atoms with Crippen molar-refractivity contribution in [2.45, 2.75) is 19.8 Å². The van der Waals surface area contributed by atoms with Crippen LogP contribution >= 0.6 is 27.5 Å². The first-order valence-corrected chi connectivity index (χ1v) is 6.60. The summed E-state index contributed by atoms with van der Waals surface area (Å²) in [6.45, 7) is 2.04. The highest BCUT2D eigenvalue weighted by atomic mass is 79.9. The topological polar surface area (TPSA) is 55.4 Å². The molecule has 0 saturated carbocycles. The van der Waals surface area contributed by atoms with Crippen LogP contribution in [-0.4, -0.2) is 18.5 Å². The monoisotopic (exact) mass is 333 g/mol. The molecule has 4 nitrogen and oxygen atoms in total. The molecule has 1 aromatic rings. The van der Waals surface area contributed by atoms with Gasteiger partial charge < -0.3 is 10.1 Å². The van der Waals surface area contributed by atoms with E-state index in [9.17, 15) is 9.59 Å². The first kappa shape index (κ1) is 15.0. The second-order valence-electron chi connectivity index (χ2n) is 3.48. The zero-order valence-electron chi connectivity index (χ0n) is 9.83. The van der Waals surface area contributed by atoms with E-state index in [1.165, 1.54) is 0 Å². The Hall–Kier alpha value is -1.07. The molecule has 0 aliphatic rings. The summed E-state index contributed by atoms with van der Waals surface area (Å²) < 4.78 is 5.56. The molecule has 0 spiro atoms. The number of nitrogens with one attached hydrogen (secondary N) is 1. The van der Waals surface area contributed by atoms with Crippen LogP contribution < -0.4 is 5.32 Å². The van der Waals surface area contributed by atoms with Gasteiger partial charge in [-0.25, -0.2) is 0 Å². The molecule has 1 N–H and O–H groups in total. The molecule has 0 aliphatic heterocycles. The van der Waals surface area contributed by atoms with E-state index < -0.39 is 0 Å². The number of esters is 1. The van der Waals surface area contributed by atoms with Crippen LogP contribution in [0.2, 0.25) is 5.02 Å². The second kappa shape index (κ2) is 7.38. The average molecular weight is 335 g/mol. The Balaban J connectivity index is 2.47. The lowest BCUT2D eigenvalue weighted by Crippen LogP contribution is -2.14. The number of ether oxygens (including phenoxy) is 1. The Morgan fingerprint density at radius 3 is 2.72 bits per heavy atom. The first-order chi connectivity index (χ1) is 8.52. The van der Waals surface area contributed by atoms with Crippen molar-refractivity contribution >= 4 is 45.1 Å². The molecule has 0 unspecified atom stereocenters. The average Bonchev–Trinajstić information content (AvgIpc) is 2.31. The van der Waals surface area contributed by atoms with Crippen LogP contribution in [0.3, 0.4) is 0 Å². The third-order valence-electron chi connectivity index (χ3n) is 2.07. The number of halogens is 2. The van der Waals surface area contributed by atoms with Gasteiger partial charge in [-0.2, -0.15) is 0 Å². The Bertz CT molecular complexity index is 451. The fraction of sp³-hybridized carbons (Fsp3) is 0.333. The molecule has 1 aromatic carbocycles. The SMILES string of the molecule is CCOC(=O)CCC(=O)Nc1ccc(Br)cc1Cl. The van der Waals surface area contributed by atoms with E-state index >= 15 is 0 Å². The number of anilines is 1. The molecule has 0 fully saturated rings. The van der Waals surface area contributed by atoms with E-state index in [2.05, 4.69) is 21.2 Å². The Morgan fingerprint density at radius 1 is 1.39 bits per heavy atom. The number of hydrogen-bond acceptors (Lipinski definition) is 3. The van der Waals surface area contributed by atoms with E-state index in [4.69, 9.17) is 16.3 Å². The quantitative estimate of drug-likeness (QED) is 0.840. The Kier molecular flexibility index (Phi) is 6.15. The minimum absolute atomic E-state index is 0.0633. The van der Waals surface area contributed by atoms with Crippen molar-refractivity contribution in [1.82, 2.24) is 0 Å². The molecule has 0 saturated heterocycles. The minimum atomic E-state index is -0.380. The van der Waals surface area contributed by atoms with Crippen molar-refractivity contribution in [1.29, 1.82) is 0 Å². The number of carbonyl (C=O) groups excluding carboxylic acids is 2. The Labute approximate surface area is 119 Å². The van der Waals surface area contributed by atoms with Crippen molar-refractivity contribution in [2.24, 2.45) is 0 Å². The maximum absolute atomic E-state index is 11.6. The predicted octanol–water partition coefficient (Wildman–Crippen LogP) is 3.38. The maximum atomic E-state index is 11.6. The van der Waals surface area contributed by atoms with Crippen molar-refractivity contribution in [3.63, 3.8) is 0 Å². The zero-order valence-corrected chi connectivity index (χ0v) is 12.2. The first-order valence-electron chi connectivity index (χ1n) is 5.43. The highest BCUT2D eigenvalue weighted by Crippen LogP contribution is 2.25. The largest absolute Gasteiger partial charge is 0.466 e. The molecule has 0 bridgehead atoms. The summed E-state index contributed by atoms with van der Waals surface area (Å²) in [5, 5.41) is 3.07. The Morgan fingerprint density at radius 2 is 2.11 bits per heavy atom. The van der Waals surface area contributed by atoms with E-state index in [1.807, 2.05) is 0 Å². The van der Waals surface area contributed by atoms with E-state index in [0.29, 0.717) is 17.3 Å². The zero-order chi connectivity index (χ0) is 13.5.